The number of hydrogen-bond donors (Lipinski definition) is 1. The summed E-state index contributed by atoms with van der Waals surface area (Å²) in [6.45, 7) is 2.84. The molecule has 0 aliphatic carbocycles. The van der Waals surface area contributed by atoms with Crippen LogP contribution in [0.25, 0.3) is 0 Å². The van der Waals surface area contributed by atoms with Crippen molar-refractivity contribution in [3.63, 3.8) is 0 Å². The number of imide groups is 1. The second-order valence-electron chi connectivity index (χ2n) is 5.78. The number of amides is 2. The molecule has 1 aromatic carbocycles. The van der Waals surface area contributed by atoms with E-state index in [0.717, 1.165) is 22.8 Å². The number of ether oxygens (including phenoxy) is 1. The largest absolute Gasteiger partial charge is 0.462 e. The van der Waals surface area contributed by atoms with E-state index in [1.165, 1.54) is 4.90 Å². The van der Waals surface area contributed by atoms with Crippen LogP contribution >= 0.6 is 0 Å². The van der Waals surface area contributed by atoms with Gasteiger partial charge in [0.2, 0.25) is 11.8 Å². The second-order valence-corrected chi connectivity index (χ2v) is 5.78. The summed E-state index contributed by atoms with van der Waals surface area (Å²) >= 11 is 0. The van der Waals surface area contributed by atoms with Crippen molar-refractivity contribution < 1.29 is 18.7 Å². The van der Waals surface area contributed by atoms with E-state index in [0.29, 0.717) is 18.8 Å². The van der Waals surface area contributed by atoms with Crippen molar-refractivity contribution in [3.05, 3.63) is 47.4 Å². The van der Waals surface area contributed by atoms with E-state index in [-0.39, 0.29) is 24.7 Å². The van der Waals surface area contributed by atoms with E-state index in [9.17, 15) is 9.59 Å². The molecule has 6 heteroatoms. The molecule has 1 aliphatic rings. The van der Waals surface area contributed by atoms with Crippen LogP contribution in [0, 0.1) is 6.92 Å². The first-order valence-corrected chi connectivity index (χ1v) is 7.85. The summed E-state index contributed by atoms with van der Waals surface area (Å²) in [4.78, 5) is 25.2. The number of rotatable bonds is 6. The number of furan rings is 1. The van der Waals surface area contributed by atoms with Gasteiger partial charge in [0.15, 0.2) is 0 Å². The molecule has 1 aliphatic heterocycles. The number of benzene rings is 1. The topological polar surface area (TPSA) is 71.8 Å². The summed E-state index contributed by atoms with van der Waals surface area (Å²) < 4.78 is 10.7. The van der Waals surface area contributed by atoms with Crippen molar-refractivity contribution >= 4 is 23.2 Å². The van der Waals surface area contributed by atoms with Gasteiger partial charge in [0.1, 0.15) is 18.1 Å². The summed E-state index contributed by atoms with van der Waals surface area (Å²) in [6, 6.07) is 9.42. The lowest BCUT2D eigenvalue weighted by Gasteiger charge is -2.18. The molecule has 3 rings (SSSR count). The fourth-order valence-electron chi connectivity index (χ4n) is 2.73. The number of hydrogen-bond acceptors (Lipinski definition) is 5. The van der Waals surface area contributed by atoms with Gasteiger partial charge in [0, 0.05) is 25.6 Å². The van der Waals surface area contributed by atoms with Gasteiger partial charge in [-0.1, -0.05) is 6.07 Å². The number of carbonyl (C=O) groups is 2. The number of methoxy groups -OCH3 is 1. The van der Waals surface area contributed by atoms with Gasteiger partial charge >= 0.3 is 0 Å². The minimum absolute atomic E-state index is 0.143. The summed E-state index contributed by atoms with van der Waals surface area (Å²) in [6.07, 6.45) is 0.565. The van der Waals surface area contributed by atoms with Gasteiger partial charge in [-0.15, -0.1) is 0 Å². The van der Waals surface area contributed by atoms with Crippen molar-refractivity contribution in [2.75, 3.05) is 17.3 Å². The van der Waals surface area contributed by atoms with Crippen molar-refractivity contribution in [2.24, 2.45) is 0 Å². The average molecular weight is 328 g/mol. The van der Waals surface area contributed by atoms with Gasteiger partial charge in [0.25, 0.3) is 0 Å². The number of aryl methyl sites for hydroxylation is 1. The minimum atomic E-state index is -0.143. The third-order valence-corrected chi connectivity index (χ3v) is 3.97. The maximum absolute atomic E-state index is 12.0. The zero-order valence-electron chi connectivity index (χ0n) is 13.8. The van der Waals surface area contributed by atoms with E-state index in [1.54, 1.807) is 7.11 Å². The lowest BCUT2D eigenvalue weighted by Crippen LogP contribution is -2.29. The molecular weight excluding hydrogens is 308 g/mol. The van der Waals surface area contributed by atoms with Crippen molar-refractivity contribution in [2.45, 2.75) is 32.9 Å². The van der Waals surface area contributed by atoms with Gasteiger partial charge < -0.3 is 14.5 Å². The Bertz CT molecular complexity index is 750. The highest BCUT2D eigenvalue weighted by Crippen LogP contribution is 2.29. The van der Waals surface area contributed by atoms with E-state index >= 15 is 0 Å². The van der Waals surface area contributed by atoms with Crippen LogP contribution in [0.2, 0.25) is 0 Å². The van der Waals surface area contributed by atoms with Crippen LogP contribution in [-0.4, -0.2) is 18.9 Å². The monoisotopic (exact) mass is 328 g/mol. The molecule has 2 aromatic rings. The molecule has 0 saturated carbocycles. The third-order valence-electron chi connectivity index (χ3n) is 3.97. The van der Waals surface area contributed by atoms with Crippen LogP contribution < -0.4 is 10.2 Å². The zero-order chi connectivity index (χ0) is 17.1. The Kier molecular flexibility index (Phi) is 4.66. The van der Waals surface area contributed by atoms with Crippen LogP contribution in [0.15, 0.2) is 34.7 Å². The van der Waals surface area contributed by atoms with E-state index in [2.05, 4.69) is 5.32 Å². The van der Waals surface area contributed by atoms with Crippen molar-refractivity contribution in [3.8, 4) is 0 Å². The fourth-order valence-corrected chi connectivity index (χ4v) is 2.73. The van der Waals surface area contributed by atoms with Crippen molar-refractivity contribution in [1.82, 2.24) is 0 Å². The fraction of sp³-hybridized carbons (Fsp3) is 0.333. The van der Waals surface area contributed by atoms with Crippen molar-refractivity contribution in [1.29, 1.82) is 0 Å². The maximum Gasteiger partial charge on any atom is 0.234 e. The van der Waals surface area contributed by atoms with Gasteiger partial charge in [-0.05, 0) is 36.8 Å². The molecule has 1 N–H and O–H groups in total. The molecule has 126 valence electrons. The zero-order valence-corrected chi connectivity index (χ0v) is 13.8. The molecule has 1 fully saturated rings. The predicted molar refractivity (Wildman–Crippen MR) is 89.7 cm³/mol. The highest BCUT2D eigenvalue weighted by molar-refractivity contribution is 6.20. The molecular formula is C18H20N2O4. The SMILES string of the molecule is COCc1ccc(CNc2ccc(C)c(N3C(=O)CCC3=O)c2)o1. The molecule has 1 aromatic heterocycles. The highest BCUT2D eigenvalue weighted by Gasteiger charge is 2.31. The first-order valence-electron chi connectivity index (χ1n) is 7.85. The Balaban J connectivity index is 1.73. The Morgan fingerprint density at radius 1 is 1.12 bits per heavy atom. The number of nitrogens with one attached hydrogen (secondary N) is 1. The summed E-state index contributed by atoms with van der Waals surface area (Å²) in [7, 11) is 1.62. The van der Waals surface area contributed by atoms with Crippen LogP contribution in [0.4, 0.5) is 11.4 Å². The molecule has 2 amide bonds. The predicted octanol–water partition coefficient (Wildman–Crippen LogP) is 3.00. The lowest BCUT2D eigenvalue weighted by atomic mass is 10.1. The van der Waals surface area contributed by atoms with E-state index in [4.69, 9.17) is 9.15 Å². The van der Waals surface area contributed by atoms with Gasteiger partial charge in [-0.3, -0.25) is 14.5 Å². The van der Waals surface area contributed by atoms with Gasteiger partial charge in [0.05, 0.1) is 12.2 Å². The summed E-state index contributed by atoms with van der Waals surface area (Å²) in [5, 5.41) is 3.25. The lowest BCUT2D eigenvalue weighted by molar-refractivity contribution is -0.121. The molecule has 1 saturated heterocycles. The first-order chi connectivity index (χ1) is 11.6. The number of carbonyl (C=O) groups excluding carboxylic acids is 2. The quantitative estimate of drug-likeness (QED) is 0.825. The van der Waals surface area contributed by atoms with E-state index in [1.807, 2.05) is 37.3 Å². The van der Waals surface area contributed by atoms with Crippen LogP contribution in [0.1, 0.15) is 29.9 Å². The Morgan fingerprint density at radius 2 is 1.83 bits per heavy atom. The third kappa shape index (κ3) is 3.33. The molecule has 0 bridgehead atoms. The van der Waals surface area contributed by atoms with Crippen LogP contribution in [0.5, 0.6) is 0 Å². The number of anilines is 2. The maximum atomic E-state index is 12.0. The summed E-state index contributed by atoms with van der Waals surface area (Å²) in [5.41, 5.74) is 2.37. The molecule has 0 atom stereocenters. The molecule has 2 heterocycles. The second kappa shape index (κ2) is 6.88. The summed E-state index contributed by atoms with van der Waals surface area (Å²) in [5.74, 6) is 1.27. The highest BCUT2D eigenvalue weighted by atomic mass is 16.5. The van der Waals surface area contributed by atoms with Crippen LogP contribution in [0.3, 0.4) is 0 Å². The molecule has 6 nitrogen and oxygen atoms in total. The minimum Gasteiger partial charge on any atom is -0.462 e. The molecule has 24 heavy (non-hydrogen) atoms. The normalized spacial score (nSPS) is 14.5. The van der Waals surface area contributed by atoms with E-state index < -0.39 is 0 Å². The molecule has 0 spiro atoms. The van der Waals surface area contributed by atoms with Gasteiger partial charge in [-0.2, -0.15) is 0 Å². The molecule has 0 unspecified atom stereocenters. The smallest absolute Gasteiger partial charge is 0.234 e. The Morgan fingerprint density at radius 3 is 2.54 bits per heavy atom. The first kappa shape index (κ1) is 16.3. The number of nitrogens with zero attached hydrogens (tertiary/aromatic N) is 1. The van der Waals surface area contributed by atoms with Gasteiger partial charge in [-0.25, -0.2) is 0 Å². The Hall–Kier alpha value is -2.60. The van der Waals surface area contributed by atoms with Crippen LogP contribution in [-0.2, 0) is 27.5 Å². The Labute approximate surface area is 140 Å². The average Bonchev–Trinajstić information content (AvgIpc) is 3.14. The molecule has 0 radical (unpaired) electrons. The standard InChI is InChI=1S/C18H20N2O4/c1-12-3-4-13(9-16(12)20-17(21)7-8-18(20)22)19-10-14-5-6-15(24-14)11-23-2/h3-6,9,19H,7-8,10-11H2,1-2H3.